The molecule has 2 aromatic carbocycles. The second-order valence-corrected chi connectivity index (χ2v) is 8.43. The van der Waals surface area contributed by atoms with E-state index in [1.54, 1.807) is 29.8 Å². The van der Waals surface area contributed by atoms with Gasteiger partial charge < -0.3 is 4.90 Å². The molecule has 1 fully saturated rings. The predicted octanol–water partition coefficient (Wildman–Crippen LogP) is 5.48. The topological polar surface area (TPSA) is 38.1 Å². The van der Waals surface area contributed by atoms with Crippen molar-refractivity contribution >= 4 is 16.6 Å². The van der Waals surface area contributed by atoms with Gasteiger partial charge in [-0.2, -0.15) is 13.2 Å². The van der Waals surface area contributed by atoms with Crippen molar-refractivity contribution in [2.24, 2.45) is 5.92 Å². The molecule has 0 N–H and O–H groups in total. The lowest BCUT2D eigenvalue weighted by Crippen LogP contribution is -2.29. The first-order valence-electron chi connectivity index (χ1n) is 10.6. The Kier molecular flexibility index (Phi) is 5.77. The van der Waals surface area contributed by atoms with Crippen LogP contribution in [0.25, 0.3) is 10.9 Å². The van der Waals surface area contributed by atoms with Crippen molar-refractivity contribution in [3.05, 3.63) is 70.3 Å². The molecular weight excluding hydrogens is 403 g/mol. The summed E-state index contributed by atoms with van der Waals surface area (Å²) < 4.78 is 39.6. The Morgan fingerprint density at radius 3 is 2.52 bits per heavy atom. The second kappa shape index (κ2) is 8.36. The monoisotopic (exact) mass is 429 g/mol. The quantitative estimate of drug-likeness (QED) is 0.499. The number of aromatic nitrogens is 2. The first-order valence-corrected chi connectivity index (χ1v) is 10.6. The number of hydrogen-bond donors (Lipinski definition) is 0. The van der Waals surface area contributed by atoms with E-state index in [0.717, 1.165) is 12.0 Å². The van der Waals surface area contributed by atoms with Crippen molar-refractivity contribution in [3.8, 4) is 0 Å². The summed E-state index contributed by atoms with van der Waals surface area (Å²) >= 11 is 0. The Hall–Kier alpha value is -2.83. The van der Waals surface area contributed by atoms with E-state index in [4.69, 9.17) is 0 Å². The van der Waals surface area contributed by atoms with Crippen molar-refractivity contribution in [3.63, 3.8) is 0 Å². The Bertz CT molecular complexity index is 1120. The third-order valence-electron chi connectivity index (χ3n) is 5.98. The van der Waals surface area contributed by atoms with Gasteiger partial charge in [0.25, 0.3) is 5.56 Å². The van der Waals surface area contributed by atoms with Gasteiger partial charge in [-0.3, -0.25) is 9.36 Å². The highest BCUT2D eigenvalue weighted by molar-refractivity contribution is 5.82. The van der Waals surface area contributed by atoms with Gasteiger partial charge in [0.15, 0.2) is 0 Å². The minimum atomic E-state index is -4.22. The van der Waals surface area contributed by atoms with Crippen molar-refractivity contribution in [1.82, 2.24) is 9.55 Å². The molecular formula is C24H26F3N3O. The molecule has 0 saturated heterocycles. The summed E-state index contributed by atoms with van der Waals surface area (Å²) in [6, 6.07) is 14.9. The maximum absolute atomic E-state index is 13.6. The number of halogens is 3. The summed E-state index contributed by atoms with van der Waals surface area (Å²) in [6.07, 6.45) is -1.90. The van der Waals surface area contributed by atoms with Gasteiger partial charge in [0.2, 0.25) is 0 Å². The molecule has 0 amide bonds. The number of rotatable bonds is 7. The van der Waals surface area contributed by atoms with E-state index in [0.29, 0.717) is 28.3 Å². The van der Waals surface area contributed by atoms with Crippen LogP contribution in [0.2, 0.25) is 0 Å². The van der Waals surface area contributed by atoms with Gasteiger partial charge >= 0.3 is 6.18 Å². The molecule has 4 rings (SSSR count). The standard InChI is InChI=1S/C24H26F3N3O/c1-16-28-21-11-10-19(29(2)13-12-24(25,26)27)15-20(21)23(31)30(16)22(14-17-8-9-17)18-6-4-3-5-7-18/h3-7,10-11,15,17,22H,8-9,12-14H2,1-2H3. The fraction of sp³-hybridized carbons (Fsp3) is 0.417. The zero-order valence-corrected chi connectivity index (χ0v) is 17.7. The van der Waals surface area contributed by atoms with Crippen LogP contribution in [0.15, 0.2) is 53.3 Å². The number of nitrogens with zero attached hydrogens (tertiary/aromatic N) is 3. The lowest BCUT2D eigenvalue weighted by atomic mass is 10.00. The van der Waals surface area contributed by atoms with Crippen LogP contribution in [-0.4, -0.2) is 29.3 Å². The van der Waals surface area contributed by atoms with Crippen LogP contribution >= 0.6 is 0 Å². The molecule has 7 heteroatoms. The molecule has 1 heterocycles. The first kappa shape index (κ1) is 21.4. The lowest BCUT2D eigenvalue weighted by molar-refractivity contribution is -0.132. The second-order valence-electron chi connectivity index (χ2n) is 8.43. The molecule has 4 nitrogen and oxygen atoms in total. The average molecular weight is 429 g/mol. The zero-order chi connectivity index (χ0) is 22.2. The number of benzene rings is 2. The number of anilines is 1. The number of hydrogen-bond acceptors (Lipinski definition) is 3. The van der Waals surface area contributed by atoms with Crippen LogP contribution in [0.5, 0.6) is 0 Å². The summed E-state index contributed by atoms with van der Waals surface area (Å²) in [4.78, 5) is 19.8. The van der Waals surface area contributed by atoms with Crippen LogP contribution in [0.1, 0.15) is 43.1 Å². The van der Waals surface area contributed by atoms with Crippen molar-refractivity contribution in [2.75, 3.05) is 18.5 Å². The highest BCUT2D eigenvalue weighted by atomic mass is 19.4. The fourth-order valence-corrected chi connectivity index (χ4v) is 4.06. The van der Waals surface area contributed by atoms with Crippen molar-refractivity contribution in [2.45, 2.75) is 44.8 Å². The molecule has 1 aliphatic carbocycles. The molecule has 3 aromatic rings. The molecule has 0 spiro atoms. The molecule has 1 atom stereocenters. The molecule has 1 unspecified atom stereocenters. The largest absolute Gasteiger partial charge is 0.390 e. The molecule has 1 aliphatic rings. The van der Waals surface area contributed by atoms with Crippen LogP contribution in [-0.2, 0) is 0 Å². The SMILES string of the molecule is Cc1nc2ccc(N(C)CCC(F)(F)F)cc2c(=O)n1C(CC1CC1)c1ccccc1. The van der Waals surface area contributed by atoms with Gasteiger partial charge in [0, 0.05) is 19.3 Å². The summed E-state index contributed by atoms with van der Waals surface area (Å²) in [6.45, 7) is 1.67. The van der Waals surface area contributed by atoms with Crippen molar-refractivity contribution < 1.29 is 13.2 Å². The molecule has 164 valence electrons. The third kappa shape index (κ3) is 4.92. The van der Waals surface area contributed by atoms with Gasteiger partial charge in [-0.15, -0.1) is 0 Å². The molecule has 0 aliphatic heterocycles. The maximum Gasteiger partial charge on any atom is 0.390 e. The van der Waals surface area contributed by atoms with Gasteiger partial charge in [-0.1, -0.05) is 43.2 Å². The Morgan fingerprint density at radius 1 is 1.16 bits per heavy atom. The molecule has 1 aromatic heterocycles. The first-order chi connectivity index (χ1) is 14.7. The van der Waals surface area contributed by atoms with E-state index >= 15 is 0 Å². The van der Waals surface area contributed by atoms with Crippen molar-refractivity contribution in [1.29, 1.82) is 0 Å². The summed E-state index contributed by atoms with van der Waals surface area (Å²) in [7, 11) is 1.60. The number of fused-ring (bicyclic) bond motifs is 1. The van der Waals surface area contributed by atoms with E-state index in [1.807, 2.05) is 37.3 Å². The Labute approximate surface area is 179 Å². The van der Waals surface area contributed by atoms with Crippen LogP contribution in [0.4, 0.5) is 18.9 Å². The summed E-state index contributed by atoms with van der Waals surface area (Å²) in [5, 5.41) is 0.429. The van der Waals surface area contributed by atoms with Crippen LogP contribution in [0, 0.1) is 12.8 Å². The van der Waals surface area contributed by atoms with E-state index in [1.165, 1.54) is 17.7 Å². The van der Waals surface area contributed by atoms with Crippen LogP contribution in [0.3, 0.4) is 0 Å². The molecule has 0 bridgehead atoms. The van der Waals surface area contributed by atoms with Gasteiger partial charge in [-0.25, -0.2) is 4.98 Å². The molecule has 1 saturated carbocycles. The van der Waals surface area contributed by atoms with E-state index in [2.05, 4.69) is 4.98 Å². The van der Waals surface area contributed by atoms with E-state index in [9.17, 15) is 18.0 Å². The molecule has 31 heavy (non-hydrogen) atoms. The fourth-order valence-electron chi connectivity index (χ4n) is 4.06. The smallest absolute Gasteiger partial charge is 0.374 e. The Morgan fingerprint density at radius 2 is 1.87 bits per heavy atom. The number of aryl methyl sites for hydroxylation is 1. The van der Waals surface area contributed by atoms with Gasteiger partial charge in [0.1, 0.15) is 5.82 Å². The summed E-state index contributed by atoms with van der Waals surface area (Å²) in [5.41, 5.74) is 2.05. The third-order valence-corrected chi connectivity index (χ3v) is 5.98. The van der Waals surface area contributed by atoms with Gasteiger partial charge in [0.05, 0.1) is 23.4 Å². The Balaban J connectivity index is 1.76. The minimum Gasteiger partial charge on any atom is -0.374 e. The van der Waals surface area contributed by atoms with E-state index < -0.39 is 12.6 Å². The molecule has 0 radical (unpaired) electrons. The highest BCUT2D eigenvalue weighted by Gasteiger charge is 2.29. The van der Waals surface area contributed by atoms with Gasteiger partial charge in [-0.05, 0) is 43.0 Å². The normalized spacial score (nSPS) is 15.3. The number of alkyl halides is 3. The predicted molar refractivity (Wildman–Crippen MR) is 117 cm³/mol. The average Bonchev–Trinajstić information content (AvgIpc) is 3.55. The minimum absolute atomic E-state index is 0.107. The van der Waals surface area contributed by atoms with Crippen LogP contribution < -0.4 is 10.5 Å². The lowest BCUT2D eigenvalue weighted by Gasteiger charge is -2.24. The maximum atomic E-state index is 13.6. The van der Waals surface area contributed by atoms with E-state index in [-0.39, 0.29) is 18.1 Å². The zero-order valence-electron chi connectivity index (χ0n) is 17.7. The highest BCUT2D eigenvalue weighted by Crippen LogP contribution is 2.39. The summed E-state index contributed by atoms with van der Waals surface area (Å²) in [5.74, 6) is 1.25.